The number of carbonyl (C=O) groups excluding carboxylic acids is 2. The van der Waals surface area contributed by atoms with Crippen molar-refractivity contribution in [2.45, 2.75) is 52.7 Å². The second-order valence-corrected chi connectivity index (χ2v) is 6.07. The number of amides is 2. The quantitative estimate of drug-likeness (QED) is 0.593. The summed E-state index contributed by atoms with van der Waals surface area (Å²) < 4.78 is 9.99. The maximum Gasteiger partial charge on any atom is 0.429 e. The van der Waals surface area contributed by atoms with E-state index in [1.165, 1.54) is 0 Å². The maximum atomic E-state index is 11.8. The first-order valence-electron chi connectivity index (χ1n) is 6.02. The van der Waals surface area contributed by atoms with Gasteiger partial charge >= 0.3 is 18.2 Å². The first-order valence-corrected chi connectivity index (χ1v) is 6.02. The smallest absolute Gasteiger partial charge is 0.429 e. The molecule has 0 aromatic heterocycles. The normalized spacial score (nSPS) is 11.5. The van der Waals surface area contributed by atoms with Crippen molar-refractivity contribution in [1.29, 1.82) is 0 Å². The molecule has 0 aromatic carbocycles. The highest BCUT2D eigenvalue weighted by Crippen LogP contribution is 2.10. The third kappa shape index (κ3) is 9.01. The Kier molecular flexibility index (Phi) is 5.80. The standard InChI is InChI=1S/C12H22N2O6/c1-11(2,3)19-8(15)7-14(13-9(16)17)10(18)20-12(4,5)6/h13H,7H2,1-6H3,(H,16,17). The molecule has 0 aliphatic carbocycles. The summed E-state index contributed by atoms with van der Waals surface area (Å²) in [5.74, 6) is -0.753. The molecule has 0 aliphatic heterocycles. The van der Waals surface area contributed by atoms with E-state index in [2.05, 4.69) is 0 Å². The van der Waals surface area contributed by atoms with Gasteiger partial charge in [-0.3, -0.25) is 4.79 Å². The average molecular weight is 290 g/mol. The second kappa shape index (κ2) is 6.44. The fraction of sp³-hybridized carbons (Fsp3) is 0.750. The number of carbonyl (C=O) groups is 3. The molecule has 20 heavy (non-hydrogen) atoms. The molecule has 0 atom stereocenters. The lowest BCUT2D eigenvalue weighted by atomic mass is 10.2. The first-order chi connectivity index (χ1) is 8.80. The van der Waals surface area contributed by atoms with Gasteiger partial charge in [-0.15, -0.1) is 0 Å². The Bertz CT molecular complexity index is 380. The molecule has 0 aromatic rings. The van der Waals surface area contributed by atoms with Gasteiger partial charge in [0.25, 0.3) is 0 Å². The monoisotopic (exact) mass is 290 g/mol. The lowest BCUT2D eigenvalue weighted by molar-refractivity contribution is -0.156. The number of hydrogen-bond donors (Lipinski definition) is 2. The first kappa shape index (κ1) is 18.0. The van der Waals surface area contributed by atoms with Gasteiger partial charge in [0.2, 0.25) is 0 Å². The summed E-state index contributed by atoms with van der Waals surface area (Å²) in [6, 6.07) is 0. The van der Waals surface area contributed by atoms with Gasteiger partial charge < -0.3 is 14.6 Å². The molecule has 8 nitrogen and oxygen atoms in total. The van der Waals surface area contributed by atoms with Gasteiger partial charge in [-0.25, -0.2) is 20.0 Å². The second-order valence-electron chi connectivity index (χ2n) is 6.07. The summed E-state index contributed by atoms with van der Waals surface area (Å²) in [5.41, 5.74) is 0.241. The minimum Gasteiger partial charge on any atom is -0.464 e. The van der Waals surface area contributed by atoms with Crippen LogP contribution in [0.5, 0.6) is 0 Å². The van der Waals surface area contributed by atoms with E-state index >= 15 is 0 Å². The van der Waals surface area contributed by atoms with Gasteiger partial charge in [0, 0.05) is 0 Å². The maximum absolute atomic E-state index is 11.8. The van der Waals surface area contributed by atoms with E-state index in [1.807, 2.05) is 0 Å². The summed E-state index contributed by atoms with van der Waals surface area (Å²) in [7, 11) is 0. The number of hydrazine groups is 1. The van der Waals surface area contributed by atoms with Crippen molar-refractivity contribution in [3.8, 4) is 0 Å². The molecule has 2 N–H and O–H groups in total. The van der Waals surface area contributed by atoms with Crippen LogP contribution in [0, 0.1) is 0 Å². The van der Waals surface area contributed by atoms with Gasteiger partial charge in [-0.05, 0) is 41.5 Å². The predicted molar refractivity (Wildman–Crippen MR) is 69.9 cm³/mol. The number of esters is 1. The van der Waals surface area contributed by atoms with Crippen molar-refractivity contribution in [1.82, 2.24) is 10.4 Å². The Labute approximate surface area is 118 Å². The van der Waals surface area contributed by atoms with Crippen LogP contribution < -0.4 is 5.43 Å². The molecule has 0 fully saturated rings. The summed E-state index contributed by atoms with van der Waals surface area (Å²) in [6.07, 6.45) is -2.47. The number of rotatable bonds is 2. The summed E-state index contributed by atoms with van der Waals surface area (Å²) >= 11 is 0. The van der Waals surface area contributed by atoms with E-state index in [0.717, 1.165) is 0 Å². The molecule has 0 bridgehead atoms. The van der Waals surface area contributed by atoms with Crippen molar-refractivity contribution < 1.29 is 29.0 Å². The number of nitrogens with one attached hydrogen (secondary N) is 1. The van der Waals surface area contributed by atoms with E-state index in [-0.39, 0.29) is 0 Å². The Morgan fingerprint density at radius 2 is 1.45 bits per heavy atom. The molecular weight excluding hydrogens is 268 g/mol. The Morgan fingerprint density at radius 1 is 1.00 bits per heavy atom. The minimum absolute atomic E-state index is 0.543. The summed E-state index contributed by atoms with van der Waals surface area (Å²) in [4.78, 5) is 34.0. The summed E-state index contributed by atoms with van der Waals surface area (Å²) in [5, 5.41) is 9.21. The van der Waals surface area contributed by atoms with E-state index in [1.54, 1.807) is 47.0 Å². The Hall–Kier alpha value is -1.99. The van der Waals surface area contributed by atoms with Gasteiger partial charge in [0.1, 0.15) is 17.7 Å². The fourth-order valence-corrected chi connectivity index (χ4v) is 1.09. The lowest BCUT2D eigenvalue weighted by Gasteiger charge is -2.27. The number of hydrogen-bond acceptors (Lipinski definition) is 5. The van der Waals surface area contributed by atoms with Crippen LogP contribution in [0.25, 0.3) is 0 Å². The highest BCUT2D eigenvalue weighted by atomic mass is 16.6. The largest absolute Gasteiger partial charge is 0.464 e. The lowest BCUT2D eigenvalue weighted by Crippen LogP contribution is -2.50. The van der Waals surface area contributed by atoms with Crippen molar-refractivity contribution in [2.24, 2.45) is 0 Å². The van der Waals surface area contributed by atoms with Crippen LogP contribution in [0.15, 0.2) is 0 Å². The zero-order valence-corrected chi connectivity index (χ0v) is 12.6. The van der Waals surface area contributed by atoms with Gasteiger partial charge in [0.15, 0.2) is 0 Å². The van der Waals surface area contributed by atoms with Gasteiger partial charge in [-0.1, -0.05) is 0 Å². The van der Waals surface area contributed by atoms with Crippen molar-refractivity contribution in [3.05, 3.63) is 0 Å². The van der Waals surface area contributed by atoms with Crippen LogP contribution in [0.1, 0.15) is 41.5 Å². The molecule has 116 valence electrons. The van der Waals surface area contributed by atoms with Crippen molar-refractivity contribution in [2.75, 3.05) is 6.54 Å². The third-order valence-corrected chi connectivity index (χ3v) is 1.55. The molecule has 0 radical (unpaired) electrons. The van der Waals surface area contributed by atoms with Crippen LogP contribution in [-0.4, -0.2) is 46.0 Å². The molecule has 0 saturated carbocycles. The molecule has 0 unspecified atom stereocenters. The number of nitrogens with zero attached hydrogens (tertiary/aromatic N) is 1. The molecule has 0 rings (SSSR count). The SMILES string of the molecule is CC(C)(C)OC(=O)CN(NC(=O)O)C(=O)OC(C)(C)C. The van der Waals surface area contributed by atoms with Crippen LogP contribution in [0.4, 0.5) is 9.59 Å². The minimum atomic E-state index is -1.49. The van der Waals surface area contributed by atoms with E-state index < -0.39 is 35.9 Å². The van der Waals surface area contributed by atoms with E-state index in [9.17, 15) is 14.4 Å². The zero-order chi connectivity index (χ0) is 16.1. The number of carboxylic acid groups (broad SMARTS) is 1. The summed E-state index contributed by atoms with van der Waals surface area (Å²) in [6.45, 7) is 9.26. The predicted octanol–water partition coefficient (Wildman–Crippen LogP) is 1.75. The molecule has 0 heterocycles. The Balaban J connectivity index is 4.77. The van der Waals surface area contributed by atoms with Crippen LogP contribution in [-0.2, 0) is 14.3 Å². The molecule has 8 heteroatoms. The van der Waals surface area contributed by atoms with Crippen LogP contribution >= 0.6 is 0 Å². The highest BCUT2D eigenvalue weighted by molar-refractivity contribution is 5.80. The van der Waals surface area contributed by atoms with Crippen LogP contribution in [0.3, 0.4) is 0 Å². The molecule has 2 amide bonds. The van der Waals surface area contributed by atoms with Crippen molar-refractivity contribution >= 4 is 18.2 Å². The van der Waals surface area contributed by atoms with E-state index in [0.29, 0.717) is 5.01 Å². The molecular formula is C12H22N2O6. The van der Waals surface area contributed by atoms with Gasteiger partial charge in [-0.2, -0.15) is 0 Å². The number of ether oxygens (including phenoxy) is 2. The topological polar surface area (TPSA) is 105 Å². The zero-order valence-electron chi connectivity index (χ0n) is 12.6. The van der Waals surface area contributed by atoms with Gasteiger partial charge in [0.05, 0.1) is 0 Å². The molecule has 0 saturated heterocycles. The van der Waals surface area contributed by atoms with Crippen LogP contribution in [0.2, 0.25) is 0 Å². The highest BCUT2D eigenvalue weighted by Gasteiger charge is 2.27. The molecule has 0 aliphatic rings. The molecule has 0 spiro atoms. The van der Waals surface area contributed by atoms with E-state index in [4.69, 9.17) is 14.6 Å². The Morgan fingerprint density at radius 3 is 1.80 bits per heavy atom. The third-order valence-electron chi connectivity index (χ3n) is 1.55. The average Bonchev–Trinajstić information content (AvgIpc) is 2.09. The van der Waals surface area contributed by atoms with Crippen molar-refractivity contribution in [3.63, 3.8) is 0 Å². The fourth-order valence-electron chi connectivity index (χ4n) is 1.09.